The number of fused-ring (bicyclic) bond motifs is 1. The highest BCUT2D eigenvalue weighted by atomic mass is 16.5. The quantitative estimate of drug-likeness (QED) is 0.324. The summed E-state index contributed by atoms with van der Waals surface area (Å²) in [6.45, 7) is 3.89. The van der Waals surface area contributed by atoms with Crippen LogP contribution in [0.5, 0.6) is 0 Å². The van der Waals surface area contributed by atoms with E-state index >= 15 is 0 Å². The molecule has 2 unspecified atom stereocenters. The van der Waals surface area contributed by atoms with Gasteiger partial charge < -0.3 is 20.2 Å². The molecule has 3 rings (SSSR count). The van der Waals surface area contributed by atoms with E-state index in [-0.39, 0.29) is 12.5 Å². The highest BCUT2D eigenvalue weighted by Crippen LogP contribution is 2.29. The van der Waals surface area contributed by atoms with E-state index in [1.165, 1.54) is 0 Å². The lowest BCUT2D eigenvalue weighted by molar-refractivity contribution is -0.124. The summed E-state index contributed by atoms with van der Waals surface area (Å²) in [5, 5.41) is 7.71. The maximum Gasteiger partial charge on any atom is 0.340 e. The fraction of sp³-hybridized carbons (Fsp3) is 0.296. The Hall–Kier alpha value is -3.67. The summed E-state index contributed by atoms with van der Waals surface area (Å²) in [5.41, 5.74) is 1.77. The number of anilines is 1. The predicted octanol–water partition coefficient (Wildman–Crippen LogP) is 4.87. The molecule has 33 heavy (non-hydrogen) atoms. The van der Waals surface area contributed by atoms with Crippen molar-refractivity contribution in [1.29, 1.82) is 0 Å². The van der Waals surface area contributed by atoms with Gasteiger partial charge in [-0.1, -0.05) is 80.4 Å². The van der Waals surface area contributed by atoms with Gasteiger partial charge >= 0.3 is 5.97 Å². The fourth-order valence-corrected chi connectivity index (χ4v) is 3.59. The number of benzene rings is 3. The molecule has 0 saturated heterocycles. The van der Waals surface area contributed by atoms with Crippen LogP contribution in [-0.4, -0.2) is 30.2 Å². The summed E-state index contributed by atoms with van der Waals surface area (Å²) >= 11 is 0. The molecule has 0 aliphatic carbocycles. The Labute approximate surface area is 194 Å². The molecule has 0 bridgehead atoms. The lowest BCUT2D eigenvalue weighted by Gasteiger charge is -2.21. The van der Waals surface area contributed by atoms with E-state index in [1.807, 2.05) is 67.6 Å². The average Bonchev–Trinajstić information content (AvgIpc) is 2.85. The minimum atomic E-state index is -0.666. The van der Waals surface area contributed by atoms with Gasteiger partial charge in [0.05, 0.1) is 17.3 Å². The van der Waals surface area contributed by atoms with Crippen LogP contribution in [0, 0.1) is 0 Å². The number of esters is 1. The summed E-state index contributed by atoms with van der Waals surface area (Å²) in [7, 11) is 0. The molecule has 172 valence electrons. The van der Waals surface area contributed by atoms with Crippen molar-refractivity contribution in [3.63, 3.8) is 0 Å². The van der Waals surface area contributed by atoms with Gasteiger partial charge in [0, 0.05) is 5.39 Å². The monoisotopic (exact) mass is 446 g/mol. The molecule has 6 nitrogen and oxygen atoms in total. The van der Waals surface area contributed by atoms with E-state index in [0.29, 0.717) is 17.7 Å². The number of rotatable bonds is 11. The first-order chi connectivity index (χ1) is 16.0. The van der Waals surface area contributed by atoms with E-state index in [0.717, 1.165) is 35.5 Å². The summed E-state index contributed by atoms with van der Waals surface area (Å²) in [6, 6.07) is 19.5. The molecule has 0 saturated carbocycles. The van der Waals surface area contributed by atoms with E-state index in [1.54, 1.807) is 13.0 Å². The second kappa shape index (κ2) is 11.8. The third-order valence-electron chi connectivity index (χ3n) is 5.48. The molecule has 0 heterocycles. The first-order valence-corrected chi connectivity index (χ1v) is 11.3. The average molecular weight is 447 g/mol. The van der Waals surface area contributed by atoms with Gasteiger partial charge in [0.1, 0.15) is 18.9 Å². The molecular weight excluding hydrogens is 416 g/mol. The van der Waals surface area contributed by atoms with E-state index in [2.05, 4.69) is 10.6 Å². The zero-order valence-electron chi connectivity index (χ0n) is 19.0. The Bertz CT molecular complexity index is 1100. The third-order valence-corrected chi connectivity index (χ3v) is 5.48. The van der Waals surface area contributed by atoms with Crippen molar-refractivity contribution in [3.05, 3.63) is 77.9 Å². The SMILES string of the molecule is CCCCC(C=O)NC(=O)C(C)Nc1c(C(=O)OCc2ccccc2)ccc2ccccc12. The number of carbonyl (C=O) groups excluding carboxylic acids is 3. The molecule has 3 aromatic rings. The number of carbonyl (C=O) groups is 3. The van der Waals surface area contributed by atoms with Crippen LogP contribution in [0.25, 0.3) is 10.8 Å². The van der Waals surface area contributed by atoms with E-state index in [9.17, 15) is 14.4 Å². The Morgan fingerprint density at radius 2 is 1.73 bits per heavy atom. The summed E-state index contributed by atoms with van der Waals surface area (Å²) in [4.78, 5) is 37.1. The second-order valence-corrected chi connectivity index (χ2v) is 8.03. The third kappa shape index (κ3) is 6.42. The molecule has 0 aromatic heterocycles. The molecule has 0 spiro atoms. The lowest BCUT2D eigenvalue weighted by Crippen LogP contribution is -2.44. The molecule has 2 N–H and O–H groups in total. The fourth-order valence-electron chi connectivity index (χ4n) is 3.59. The van der Waals surface area contributed by atoms with Gasteiger partial charge in [-0.15, -0.1) is 0 Å². The Balaban J connectivity index is 1.81. The molecule has 0 fully saturated rings. The van der Waals surface area contributed by atoms with Crippen LogP contribution in [0.15, 0.2) is 66.7 Å². The van der Waals surface area contributed by atoms with Crippen LogP contribution >= 0.6 is 0 Å². The second-order valence-electron chi connectivity index (χ2n) is 8.03. The van der Waals surface area contributed by atoms with Crippen LogP contribution in [0.4, 0.5) is 5.69 Å². The first-order valence-electron chi connectivity index (χ1n) is 11.3. The van der Waals surface area contributed by atoms with Crippen LogP contribution in [0.1, 0.15) is 49.0 Å². The van der Waals surface area contributed by atoms with Crippen molar-refractivity contribution in [2.75, 3.05) is 5.32 Å². The Kier molecular flexibility index (Phi) is 8.58. The van der Waals surface area contributed by atoms with Gasteiger partial charge in [-0.2, -0.15) is 0 Å². The highest BCUT2D eigenvalue weighted by Gasteiger charge is 2.22. The van der Waals surface area contributed by atoms with Crippen molar-refractivity contribution in [2.24, 2.45) is 0 Å². The summed E-state index contributed by atoms with van der Waals surface area (Å²) in [5.74, 6) is -0.784. The van der Waals surface area contributed by atoms with Gasteiger partial charge in [0.2, 0.25) is 5.91 Å². The zero-order chi connectivity index (χ0) is 23.6. The number of nitrogens with one attached hydrogen (secondary N) is 2. The molecule has 0 aliphatic heterocycles. The van der Waals surface area contributed by atoms with Crippen molar-refractivity contribution >= 4 is 34.6 Å². The molecular formula is C27H30N2O4. The van der Waals surface area contributed by atoms with Gasteiger partial charge in [-0.3, -0.25) is 4.79 Å². The van der Waals surface area contributed by atoms with Crippen molar-refractivity contribution in [1.82, 2.24) is 5.32 Å². The summed E-state index contributed by atoms with van der Waals surface area (Å²) < 4.78 is 5.55. The van der Waals surface area contributed by atoms with Gasteiger partial charge in [-0.05, 0) is 30.4 Å². The van der Waals surface area contributed by atoms with E-state index < -0.39 is 18.1 Å². The van der Waals surface area contributed by atoms with Gasteiger partial charge in [0.25, 0.3) is 0 Å². The minimum Gasteiger partial charge on any atom is -0.457 e. The van der Waals surface area contributed by atoms with Crippen molar-refractivity contribution in [3.8, 4) is 0 Å². The molecule has 1 amide bonds. The molecule has 6 heteroatoms. The highest BCUT2D eigenvalue weighted by molar-refractivity contribution is 6.07. The summed E-state index contributed by atoms with van der Waals surface area (Å²) in [6.07, 6.45) is 3.17. The number of aldehydes is 1. The maximum atomic E-state index is 13.0. The number of hydrogen-bond donors (Lipinski definition) is 2. The van der Waals surface area contributed by atoms with Gasteiger partial charge in [-0.25, -0.2) is 4.79 Å². The predicted molar refractivity (Wildman–Crippen MR) is 130 cm³/mol. The standard InChI is InChI=1S/C27H30N2O4/c1-3-4-13-22(17-30)29-26(31)19(2)28-25-23-14-9-8-12-21(23)15-16-24(25)27(32)33-18-20-10-6-5-7-11-20/h5-12,14-17,19,22,28H,3-4,13,18H2,1-2H3,(H,29,31). The van der Waals surface area contributed by atoms with Crippen LogP contribution in [0.3, 0.4) is 0 Å². The number of unbranched alkanes of at least 4 members (excludes halogenated alkanes) is 1. The van der Waals surface area contributed by atoms with Crippen molar-refractivity contribution in [2.45, 2.75) is 51.8 Å². The smallest absolute Gasteiger partial charge is 0.340 e. The number of ether oxygens (including phenoxy) is 1. The maximum absolute atomic E-state index is 13.0. The zero-order valence-corrected chi connectivity index (χ0v) is 19.0. The molecule has 3 aromatic carbocycles. The van der Waals surface area contributed by atoms with Gasteiger partial charge in [0.15, 0.2) is 0 Å². The largest absolute Gasteiger partial charge is 0.457 e. The topological polar surface area (TPSA) is 84.5 Å². The van der Waals surface area contributed by atoms with Crippen LogP contribution in [-0.2, 0) is 20.9 Å². The normalized spacial score (nSPS) is 12.5. The first kappa shape index (κ1) is 24.0. The number of hydrogen-bond acceptors (Lipinski definition) is 5. The Morgan fingerprint density at radius 3 is 2.45 bits per heavy atom. The van der Waals surface area contributed by atoms with Crippen LogP contribution in [0.2, 0.25) is 0 Å². The molecule has 2 atom stereocenters. The van der Waals surface area contributed by atoms with Crippen molar-refractivity contribution < 1.29 is 19.1 Å². The van der Waals surface area contributed by atoms with Crippen LogP contribution < -0.4 is 10.6 Å². The number of amides is 1. The van der Waals surface area contributed by atoms with E-state index in [4.69, 9.17) is 4.74 Å². The minimum absolute atomic E-state index is 0.153. The Morgan fingerprint density at radius 1 is 1.00 bits per heavy atom. The lowest BCUT2D eigenvalue weighted by atomic mass is 10.0. The molecule has 0 aliphatic rings. The molecule has 0 radical (unpaired) electrons.